The van der Waals surface area contributed by atoms with Crippen molar-refractivity contribution in [1.82, 2.24) is 0 Å². The van der Waals surface area contributed by atoms with Gasteiger partial charge in [0.05, 0.1) is 20.1 Å². The molecule has 0 atom stereocenters. The number of carbonyl (C=O) groups is 1. The molecule has 1 saturated heterocycles. The van der Waals surface area contributed by atoms with Crippen LogP contribution in [0.25, 0.3) is 0 Å². The fraction of sp³-hybridized carbons (Fsp3) is 0.800. The smallest absolute Gasteiger partial charge is 0.435 e. The SMILES string of the molecule is C[N+]1(C(=O)O)CCC1. The third kappa shape index (κ3) is 0.591. The van der Waals surface area contributed by atoms with Crippen LogP contribution in [-0.4, -0.2) is 35.8 Å². The van der Waals surface area contributed by atoms with E-state index in [9.17, 15) is 4.79 Å². The van der Waals surface area contributed by atoms with Gasteiger partial charge >= 0.3 is 6.09 Å². The molecule has 0 spiro atoms. The van der Waals surface area contributed by atoms with Crippen molar-refractivity contribution in [3.63, 3.8) is 0 Å². The van der Waals surface area contributed by atoms with E-state index >= 15 is 0 Å². The van der Waals surface area contributed by atoms with Gasteiger partial charge in [-0.2, -0.15) is 4.79 Å². The molecule has 0 unspecified atom stereocenters. The molecule has 3 nitrogen and oxygen atoms in total. The summed E-state index contributed by atoms with van der Waals surface area (Å²) >= 11 is 0. The van der Waals surface area contributed by atoms with Crippen LogP contribution < -0.4 is 0 Å². The molecule has 1 N–H and O–H groups in total. The number of nitrogens with zero attached hydrogens (tertiary/aromatic N) is 1. The summed E-state index contributed by atoms with van der Waals surface area (Å²) in [7, 11) is 1.74. The van der Waals surface area contributed by atoms with Crippen LogP contribution in [-0.2, 0) is 0 Å². The van der Waals surface area contributed by atoms with E-state index in [1.807, 2.05) is 0 Å². The molecular formula is C5H10NO2+. The first-order chi connectivity index (χ1) is 3.65. The number of rotatable bonds is 0. The van der Waals surface area contributed by atoms with Gasteiger partial charge in [-0.1, -0.05) is 0 Å². The second kappa shape index (κ2) is 1.45. The molecular weight excluding hydrogens is 106 g/mol. The van der Waals surface area contributed by atoms with E-state index < -0.39 is 6.09 Å². The zero-order valence-electron chi connectivity index (χ0n) is 4.92. The second-order valence-electron chi connectivity index (χ2n) is 2.48. The Bertz CT molecular complexity index is 118. The predicted octanol–water partition coefficient (Wildman–Crippen LogP) is 0.515. The molecule has 3 heteroatoms. The number of amides is 1. The minimum Gasteiger partial charge on any atom is -0.435 e. The largest absolute Gasteiger partial charge is 0.513 e. The van der Waals surface area contributed by atoms with Gasteiger partial charge in [0, 0.05) is 6.42 Å². The summed E-state index contributed by atoms with van der Waals surface area (Å²) in [4.78, 5) is 10.3. The maximum absolute atomic E-state index is 10.3. The van der Waals surface area contributed by atoms with Crippen molar-refractivity contribution in [2.24, 2.45) is 0 Å². The third-order valence-electron chi connectivity index (χ3n) is 1.77. The average molecular weight is 116 g/mol. The van der Waals surface area contributed by atoms with Crippen molar-refractivity contribution in [2.75, 3.05) is 20.1 Å². The molecule has 0 bridgehead atoms. The van der Waals surface area contributed by atoms with Crippen molar-refractivity contribution in [3.8, 4) is 0 Å². The van der Waals surface area contributed by atoms with Crippen LogP contribution >= 0.6 is 0 Å². The molecule has 46 valence electrons. The molecule has 1 aliphatic heterocycles. The highest BCUT2D eigenvalue weighted by molar-refractivity contribution is 5.56. The number of hydrogen-bond acceptors (Lipinski definition) is 1. The maximum Gasteiger partial charge on any atom is 0.513 e. The topological polar surface area (TPSA) is 37.3 Å². The van der Waals surface area contributed by atoms with Crippen molar-refractivity contribution in [2.45, 2.75) is 6.42 Å². The van der Waals surface area contributed by atoms with Gasteiger partial charge in [0.15, 0.2) is 0 Å². The lowest BCUT2D eigenvalue weighted by molar-refractivity contribution is -0.876. The summed E-state index contributed by atoms with van der Waals surface area (Å²) < 4.78 is 0.222. The van der Waals surface area contributed by atoms with E-state index in [0.29, 0.717) is 0 Å². The van der Waals surface area contributed by atoms with E-state index in [4.69, 9.17) is 5.11 Å². The summed E-state index contributed by atoms with van der Waals surface area (Å²) in [5.41, 5.74) is 0. The highest BCUT2D eigenvalue weighted by atomic mass is 16.4. The van der Waals surface area contributed by atoms with Gasteiger partial charge < -0.3 is 5.11 Å². The molecule has 0 aromatic carbocycles. The first kappa shape index (κ1) is 5.56. The van der Waals surface area contributed by atoms with Crippen LogP contribution in [0.1, 0.15) is 6.42 Å². The van der Waals surface area contributed by atoms with E-state index in [-0.39, 0.29) is 4.48 Å². The molecule has 0 radical (unpaired) electrons. The van der Waals surface area contributed by atoms with Gasteiger partial charge in [0.2, 0.25) is 0 Å². The summed E-state index contributed by atoms with van der Waals surface area (Å²) in [5.74, 6) is 0. The van der Waals surface area contributed by atoms with Crippen LogP contribution in [0.2, 0.25) is 0 Å². The van der Waals surface area contributed by atoms with Crippen LogP contribution in [0.4, 0.5) is 4.79 Å². The highest BCUT2D eigenvalue weighted by Gasteiger charge is 2.38. The van der Waals surface area contributed by atoms with Crippen molar-refractivity contribution < 1.29 is 14.4 Å². The molecule has 1 rings (SSSR count). The molecule has 1 aliphatic rings. The van der Waals surface area contributed by atoms with Gasteiger partial charge in [-0.25, -0.2) is 4.48 Å². The Morgan fingerprint density at radius 1 is 1.62 bits per heavy atom. The molecule has 1 fully saturated rings. The molecule has 1 heterocycles. The molecule has 8 heavy (non-hydrogen) atoms. The van der Waals surface area contributed by atoms with Gasteiger partial charge in [0.25, 0.3) is 0 Å². The standard InChI is InChI=1S/C5H9NO2/c1-6(5(7)8)3-2-4-6/h2-4H2,1H3/p+1. The van der Waals surface area contributed by atoms with E-state index in [0.717, 1.165) is 19.5 Å². The van der Waals surface area contributed by atoms with Gasteiger partial charge in [-0.3, -0.25) is 0 Å². The lowest BCUT2D eigenvalue weighted by Gasteiger charge is -2.35. The number of carboxylic acid groups (broad SMARTS) is 1. The van der Waals surface area contributed by atoms with E-state index in [1.54, 1.807) is 7.05 Å². The maximum atomic E-state index is 10.3. The zero-order chi connectivity index (χ0) is 6.20. The van der Waals surface area contributed by atoms with Gasteiger partial charge in [0.1, 0.15) is 0 Å². The molecule has 0 aromatic heterocycles. The number of quaternary nitrogens is 1. The Morgan fingerprint density at radius 2 is 2.12 bits per heavy atom. The van der Waals surface area contributed by atoms with Gasteiger partial charge in [-0.15, -0.1) is 0 Å². The van der Waals surface area contributed by atoms with Crippen molar-refractivity contribution >= 4 is 6.09 Å². The predicted molar refractivity (Wildman–Crippen MR) is 28.6 cm³/mol. The summed E-state index contributed by atoms with van der Waals surface area (Å²) in [6.45, 7) is 1.60. The Balaban J connectivity index is 2.53. The van der Waals surface area contributed by atoms with Gasteiger partial charge in [-0.05, 0) is 0 Å². The molecule has 0 saturated carbocycles. The first-order valence-electron chi connectivity index (χ1n) is 2.73. The second-order valence-corrected chi connectivity index (χ2v) is 2.48. The van der Waals surface area contributed by atoms with E-state index in [1.165, 1.54) is 0 Å². The van der Waals surface area contributed by atoms with Crippen LogP contribution in [0.5, 0.6) is 0 Å². The Labute approximate surface area is 48.1 Å². The first-order valence-corrected chi connectivity index (χ1v) is 2.73. The third-order valence-corrected chi connectivity index (χ3v) is 1.77. The minimum absolute atomic E-state index is 0.222. The number of hydrogen-bond donors (Lipinski definition) is 1. The number of likely N-dealkylation sites (tertiary alicyclic amines) is 1. The summed E-state index contributed by atoms with van der Waals surface area (Å²) in [5, 5.41) is 8.46. The van der Waals surface area contributed by atoms with E-state index in [2.05, 4.69) is 0 Å². The molecule has 0 aromatic rings. The fourth-order valence-corrected chi connectivity index (χ4v) is 0.824. The Morgan fingerprint density at radius 3 is 2.12 bits per heavy atom. The fourth-order valence-electron chi connectivity index (χ4n) is 0.824. The molecule has 1 amide bonds. The van der Waals surface area contributed by atoms with Crippen molar-refractivity contribution in [3.05, 3.63) is 0 Å². The monoisotopic (exact) mass is 116 g/mol. The highest BCUT2D eigenvalue weighted by Crippen LogP contribution is 2.15. The van der Waals surface area contributed by atoms with Crippen molar-refractivity contribution in [1.29, 1.82) is 0 Å². The Kier molecular flexibility index (Phi) is 1.01. The normalized spacial score (nSPS) is 24.1. The van der Waals surface area contributed by atoms with Crippen LogP contribution in [0.15, 0.2) is 0 Å². The lowest BCUT2D eigenvalue weighted by atomic mass is 10.2. The zero-order valence-corrected chi connectivity index (χ0v) is 4.92. The molecule has 0 aliphatic carbocycles. The average Bonchev–Trinajstić information content (AvgIpc) is 1.60. The minimum atomic E-state index is -0.698. The summed E-state index contributed by atoms with van der Waals surface area (Å²) in [6, 6.07) is 0. The van der Waals surface area contributed by atoms with Crippen LogP contribution in [0.3, 0.4) is 0 Å². The lowest BCUT2D eigenvalue weighted by Crippen LogP contribution is -2.57. The van der Waals surface area contributed by atoms with Crippen LogP contribution in [0, 0.1) is 0 Å². The Hall–Kier alpha value is -0.570. The quantitative estimate of drug-likeness (QED) is 0.468. The summed E-state index contributed by atoms with van der Waals surface area (Å²) in [6.07, 6.45) is 0.360.